The monoisotopic (exact) mass is 285 g/mol. The summed E-state index contributed by atoms with van der Waals surface area (Å²) >= 11 is 0. The quantitative estimate of drug-likeness (QED) is 0.858. The van der Waals surface area contributed by atoms with Crippen LogP contribution in [0.5, 0.6) is 0 Å². The van der Waals surface area contributed by atoms with Crippen LogP contribution in [-0.4, -0.2) is 33.7 Å². The fourth-order valence-electron chi connectivity index (χ4n) is 2.65. The number of rotatable bonds is 4. The molecular formula is C16H19N3O2. The third-order valence-corrected chi connectivity index (χ3v) is 4.36. The summed E-state index contributed by atoms with van der Waals surface area (Å²) in [5, 5.41) is 4.70. The first-order valence-corrected chi connectivity index (χ1v) is 7.28. The van der Waals surface area contributed by atoms with Crippen molar-refractivity contribution in [3.05, 3.63) is 40.7 Å². The average molecular weight is 285 g/mol. The maximum absolute atomic E-state index is 12.4. The van der Waals surface area contributed by atoms with E-state index in [1.807, 2.05) is 25.2 Å². The lowest BCUT2D eigenvalue weighted by Crippen LogP contribution is -2.39. The molecule has 0 radical (unpaired) electrons. The molecule has 1 amide bonds. The number of aromatic nitrogens is 2. The molecule has 0 saturated heterocycles. The molecule has 1 aromatic heterocycles. The van der Waals surface area contributed by atoms with Crippen molar-refractivity contribution in [2.45, 2.75) is 32.4 Å². The number of amides is 1. The van der Waals surface area contributed by atoms with Gasteiger partial charge in [0.05, 0.1) is 11.7 Å². The number of hydrogen-bond donors (Lipinski definition) is 0. The van der Waals surface area contributed by atoms with Crippen molar-refractivity contribution in [3.8, 4) is 0 Å². The Morgan fingerprint density at radius 3 is 2.86 bits per heavy atom. The summed E-state index contributed by atoms with van der Waals surface area (Å²) in [5.41, 5.74) is 0.583. The molecule has 5 heteroatoms. The second-order valence-corrected chi connectivity index (χ2v) is 5.77. The van der Waals surface area contributed by atoms with E-state index in [2.05, 4.69) is 12.0 Å². The van der Waals surface area contributed by atoms with E-state index in [4.69, 9.17) is 0 Å². The molecule has 1 aliphatic carbocycles. The molecule has 3 rings (SSSR count). The van der Waals surface area contributed by atoms with Gasteiger partial charge < -0.3 is 4.90 Å². The molecule has 0 N–H and O–H groups in total. The Bertz CT molecular complexity index is 734. The predicted molar refractivity (Wildman–Crippen MR) is 81.0 cm³/mol. The number of para-hydroxylation sites is 1. The van der Waals surface area contributed by atoms with E-state index in [1.54, 1.807) is 15.6 Å². The van der Waals surface area contributed by atoms with E-state index in [0.717, 1.165) is 0 Å². The number of likely N-dealkylation sites (N-methyl/N-ethyl adjacent to an activating group) is 1. The second-order valence-electron chi connectivity index (χ2n) is 5.77. The summed E-state index contributed by atoms with van der Waals surface area (Å²) in [6.45, 7) is 2.25. The number of fused-ring (bicyclic) bond motifs is 1. The third-order valence-electron chi connectivity index (χ3n) is 4.36. The van der Waals surface area contributed by atoms with Crippen LogP contribution in [0.25, 0.3) is 10.9 Å². The number of carbonyl (C=O) groups excluding carboxylic acids is 1. The van der Waals surface area contributed by atoms with Gasteiger partial charge in [0, 0.05) is 18.5 Å². The van der Waals surface area contributed by atoms with Gasteiger partial charge in [0.2, 0.25) is 11.3 Å². The minimum atomic E-state index is -0.117. The van der Waals surface area contributed by atoms with Crippen molar-refractivity contribution in [2.75, 3.05) is 7.05 Å². The fourth-order valence-corrected chi connectivity index (χ4v) is 2.65. The van der Waals surface area contributed by atoms with Crippen LogP contribution in [0, 0.1) is 5.92 Å². The molecule has 1 aromatic carbocycles. The highest BCUT2D eigenvalue weighted by molar-refractivity contribution is 5.81. The Labute approximate surface area is 123 Å². The topological polar surface area (TPSA) is 55.2 Å². The molecule has 5 nitrogen and oxygen atoms in total. The van der Waals surface area contributed by atoms with Crippen molar-refractivity contribution in [3.63, 3.8) is 0 Å². The molecule has 1 fully saturated rings. The van der Waals surface area contributed by atoms with E-state index in [0.29, 0.717) is 16.8 Å². The number of benzene rings is 1. The van der Waals surface area contributed by atoms with Crippen LogP contribution in [0.4, 0.5) is 0 Å². The van der Waals surface area contributed by atoms with Crippen LogP contribution in [0.3, 0.4) is 0 Å². The molecule has 1 atom stereocenters. The summed E-state index contributed by atoms with van der Waals surface area (Å²) in [6.07, 6.45) is 3.69. The van der Waals surface area contributed by atoms with E-state index in [1.165, 1.54) is 19.0 Å². The molecule has 21 heavy (non-hydrogen) atoms. The first-order chi connectivity index (χ1) is 10.1. The van der Waals surface area contributed by atoms with Gasteiger partial charge >= 0.3 is 0 Å². The van der Waals surface area contributed by atoms with Crippen molar-refractivity contribution in [1.29, 1.82) is 0 Å². The standard InChI is InChI=1S/C16H19N3O2/c1-11(12-7-8-12)18(2)16(21)10-19-14-6-4-3-5-13(14)15(20)9-17-19/h3-6,9,11-12H,7-8,10H2,1-2H3. The van der Waals surface area contributed by atoms with Crippen molar-refractivity contribution in [2.24, 2.45) is 5.92 Å². The largest absolute Gasteiger partial charge is 0.341 e. The second kappa shape index (κ2) is 5.31. The Balaban J connectivity index is 1.86. The van der Waals surface area contributed by atoms with Crippen molar-refractivity contribution >= 4 is 16.8 Å². The molecule has 2 aromatic rings. The van der Waals surface area contributed by atoms with Gasteiger partial charge in [-0.15, -0.1) is 0 Å². The van der Waals surface area contributed by atoms with Crippen molar-refractivity contribution < 1.29 is 4.79 Å². The summed E-state index contributed by atoms with van der Waals surface area (Å²) in [4.78, 5) is 26.0. The van der Waals surface area contributed by atoms with Crippen LogP contribution in [0.2, 0.25) is 0 Å². The van der Waals surface area contributed by atoms with Gasteiger partial charge in [0.15, 0.2) is 0 Å². The number of hydrogen-bond acceptors (Lipinski definition) is 3. The van der Waals surface area contributed by atoms with Crippen LogP contribution in [0.15, 0.2) is 35.3 Å². The molecule has 110 valence electrons. The van der Waals surface area contributed by atoms with Gasteiger partial charge in [-0.1, -0.05) is 12.1 Å². The van der Waals surface area contributed by atoms with Crippen molar-refractivity contribution in [1.82, 2.24) is 14.7 Å². The summed E-state index contributed by atoms with van der Waals surface area (Å²) in [7, 11) is 1.84. The smallest absolute Gasteiger partial charge is 0.244 e. The van der Waals surface area contributed by atoms with Gasteiger partial charge in [-0.2, -0.15) is 5.10 Å². The SMILES string of the molecule is CC(C1CC1)N(C)C(=O)Cn1ncc(=O)c2ccccc21. The molecule has 0 aliphatic heterocycles. The van der Waals surface area contributed by atoms with E-state index >= 15 is 0 Å². The lowest BCUT2D eigenvalue weighted by atomic mass is 10.2. The highest BCUT2D eigenvalue weighted by atomic mass is 16.2. The summed E-state index contributed by atoms with van der Waals surface area (Å²) < 4.78 is 1.61. The molecule has 0 bridgehead atoms. The first kappa shape index (κ1) is 13.8. The zero-order chi connectivity index (χ0) is 15.0. The lowest BCUT2D eigenvalue weighted by Gasteiger charge is -2.25. The molecule has 1 heterocycles. The van der Waals surface area contributed by atoms with E-state index in [-0.39, 0.29) is 23.9 Å². The normalized spacial score (nSPS) is 15.9. The van der Waals surface area contributed by atoms with E-state index < -0.39 is 0 Å². The first-order valence-electron chi connectivity index (χ1n) is 7.28. The molecule has 0 spiro atoms. The predicted octanol–water partition coefficient (Wildman–Crippen LogP) is 1.65. The Morgan fingerprint density at radius 2 is 2.14 bits per heavy atom. The number of carbonyl (C=O) groups is 1. The van der Waals surface area contributed by atoms with Crippen LogP contribution in [0.1, 0.15) is 19.8 Å². The van der Waals surface area contributed by atoms with Gasteiger partial charge in [0.25, 0.3) is 0 Å². The van der Waals surface area contributed by atoms with Gasteiger partial charge in [-0.3, -0.25) is 14.3 Å². The maximum Gasteiger partial charge on any atom is 0.244 e. The fraction of sp³-hybridized carbons (Fsp3) is 0.438. The van der Waals surface area contributed by atoms with Crippen LogP contribution < -0.4 is 5.43 Å². The van der Waals surface area contributed by atoms with Gasteiger partial charge in [0.1, 0.15) is 6.54 Å². The van der Waals surface area contributed by atoms with Gasteiger partial charge in [-0.25, -0.2) is 0 Å². The van der Waals surface area contributed by atoms with Crippen LogP contribution >= 0.6 is 0 Å². The lowest BCUT2D eigenvalue weighted by molar-refractivity contribution is -0.132. The molecule has 1 saturated carbocycles. The Kier molecular flexibility index (Phi) is 3.49. The molecular weight excluding hydrogens is 266 g/mol. The van der Waals surface area contributed by atoms with Crippen LogP contribution in [-0.2, 0) is 11.3 Å². The molecule has 1 unspecified atom stereocenters. The minimum Gasteiger partial charge on any atom is -0.341 e. The van der Waals surface area contributed by atoms with E-state index in [9.17, 15) is 9.59 Å². The van der Waals surface area contributed by atoms with Gasteiger partial charge in [-0.05, 0) is 37.8 Å². The third kappa shape index (κ3) is 2.68. The Morgan fingerprint density at radius 1 is 1.43 bits per heavy atom. The zero-order valence-corrected chi connectivity index (χ0v) is 12.3. The summed E-state index contributed by atoms with van der Waals surface area (Å²) in [5.74, 6) is 0.661. The zero-order valence-electron chi connectivity index (χ0n) is 12.3. The molecule has 1 aliphatic rings. The summed E-state index contributed by atoms with van der Waals surface area (Å²) in [6, 6.07) is 7.51. The minimum absolute atomic E-state index is 0.0238. The average Bonchev–Trinajstić information content (AvgIpc) is 3.33. The number of nitrogens with zero attached hydrogens (tertiary/aromatic N) is 3. The maximum atomic E-state index is 12.4. The Hall–Kier alpha value is -2.17. The highest BCUT2D eigenvalue weighted by Gasteiger charge is 2.32. The highest BCUT2D eigenvalue weighted by Crippen LogP contribution is 2.34.